The van der Waals surface area contributed by atoms with Gasteiger partial charge in [0.1, 0.15) is 11.2 Å². The molecule has 5 heteroatoms. The van der Waals surface area contributed by atoms with Gasteiger partial charge in [0.25, 0.3) is 0 Å². The number of rotatable bonds is 4. The van der Waals surface area contributed by atoms with Crippen LogP contribution in [0.4, 0.5) is 0 Å². The van der Waals surface area contributed by atoms with Crippen LogP contribution in [-0.2, 0) is 0 Å². The van der Waals surface area contributed by atoms with Crippen molar-refractivity contribution in [2.75, 3.05) is 0 Å². The van der Waals surface area contributed by atoms with E-state index in [1.807, 2.05) is 54.9 Å². The number of benzene rings is 4. The van der Waals surface area contributed by atoms with E-state index in [2.05, 4.69) is 78.7 Å². The summed E-state index contributed by atoms with van der Waals surface area (Å²) >= 11 is 0. The van der Waals surface area contributed by atoms with Crippen LogP contribution in [0.2, 0.25) is 0 Å². The zero-order valence-electron chi connectivity index (χ0n) is 23.0. The topological polar surface area (TPSA) is 64.7 Å². The normalized spacial score (nSPS) is 15.0. The SMILES string of the molecule is CC1CC=CC=C1c1nc(-c2ccccc2)nc(-c2cc(-c3ccccc3)cc3oc4cc5cnccc5cc4c23)n1. The molecule has 3 heterocycles. The summed E-state index contributed by atoms with van der Waals surface area (Å²) in [5.74, 6) is 2.29. The molecule has 0 fully saturated rings. The molecular formula is C37H26N4O. The molecular weight excluding hydrogens is 516 g/mol. The molecule has 5 nitrogen and oxygen atoms in total. The first-order valence-electron chi connectivity index (χ1n) is 14.2. The molecule has 1 atom stereocenters. The quantitative estimate of drug-likeness (QED) is 0.222. The third-order valence-electron chi connectivity index (χ3n) is 8.04. The minimum atomic E-state index is 0.305. The van der Waals surface area contributed by atoms with Crippen LogP contribution in [0.5, 0.6) is 0 Å². The zero-order chi connectivity index (χ0) is 28.0. The van der Waals surface area contributed by atoms with Crippen molar-refractivity contribution in [3.63, 3.8) is 0 Å². The van der Waals surface area contributed by atoms with Gasteiger partial charge < -0.3 is 4.42 Å². The molecule has 0 saturated carbocycles. The van der Waals surface area contributed by atoms with E-state index in [0.717, 1.165) is 67.0 Å². The van der Waals surface area contributed by atoms with Crippen LogP contribution in [0, 0.1) is 5.92 Å². The predicted molar refractivity (Wildman–Crippen MR) is 170 cm³/mol. The van der Waals surface area contributed by atoms with Gasteiger partial charge in [-0.05, 0) is 59.2 Å². The molecule has 4 aromatic carbocycles. The predicted octanol–water partition coefficient (Wildman–Crippen LogP) is 9.30. The average molecular weight is 543 g/mol. The molecule has 1 aliphatic carbocycles. The van der Waals surface area contributed by atoms with Crippen molar-refractivity contribution in [1.82, 2.24) is 19.9 Å². The Balaban J connectivity index is 1.46. The molecule has 0 amide bonds. The van der Waals surface area contributed by atoms with Gasteiger partial charge in [-0.2, -0.15) is 0 Å². The lowest BCUT2D eigenvalue weighted by Gasteiger charge is -2.17. The van der Waals surface area contributed by atoms with Gasteiger partial charge in [0.15, 0.2) is 17.5 Å². The summed E-state index contributed by atoms with van der Waals surface area (Å²) in [7, 11) is 0. The van der Waals surface area contributed by atoms with Gasteiger partial charge in [0.05, 0.1) is 0 Å². The highest BCUT2D eigenvalue weighted by molar-refractivity contribution is 6.16. The van der Waals surface area contributed by atoms with Crippen LogP contribution in [0.25, 0.3) is 72.2 Å². The smallest absolute Gasteiger partial charge is 0.164 e. The second kappa shape index (κ2) is 9.89. The highest BCUT2D eigenvalue weighted by Crippen LogP contribution is 2.41. The highest BCUT2D eigenvalue weighted by Gasteiger charge is 2.22. The second-order valence-electron chi connectivity index (χ2n) is 10.8. The minimum Gasteiger partial charge on any atom is -0.456 e. The minimum absolute atomic E-state index is 0.305. The van der Waals surface area contributed by atoms with Crippen molar-refractivity contribution in [2.45, 2.75) is 13.3 Å². The lowest BCUT2D eigenvalue weighted by atomic mass is 9.92. The number of hydrogen-bond donors (Lipinski definition) is 0. The van der Waals surface area contributed by atoms with Gasteiger partial charge in [-0.15, -0.1) is 0 Å². The maximum absolute atomic E-state index is 6.54. The number of nitrogens with zero attached hydrogens (tertiary/aromatic N) is 4. The summed E-state index contributed by atoms with van der Waals surface area (Å²) in [5.41, 5.74) is 6.72. The highest BCUT2D eigenvalue weighted by atomic mass is 16.3. The van der Waals surface area contributed by atoms with Crippen LogP contribution in [0.15, 0.2) is 126 Å². The van der Waals surface area contributed by atoms with Gasteiger partial charge in [-0.1, -0.05) is 85.8 Å². The molecule has 0 aliphatic heterocycles. The number of pyridine rings is 1. The van der Waals surface area contributed by atoms with E-state index in [1.54, 1.807) is 0 Å². The van der Waals surface area contributed by atoms with Crippen LogP contribution >= 0.6 is 0 Å². The Bertz CT molecular complexity index is 2180. The molecule has 42 heavy (non-hydrogen) atoms. The van der Waals surface area contributed by atoms with Gasteiger partial charge in [0.2, 0.25) is 0 Å². The number of hydrogen-bond acceptors (Lipinski definition) is 5. The Hall–Kier alpha value is -5.42. The van der Waals surface area contributed by atoms with E-state index < -0.39 is 0 Å². The van der Waals surface area contributed by atoms with Gasteiger partial charge in [-0.3, -0.25) is 4.98 Å². The lowest BCUT2D eigenvalue weighted by Crippen LogP contribution is -2.08. The summed E-state index contributed by atoms with van der Waals surface area (Å²) < 4.78 is 6.54. The Morgan fingerprint density at radius 2 is 1.45 bits per heavy atom. The fraction of sp³-hybridized carbons (Fsp3) is 0.0811. The molecule has 0 N–H and O–H groups in total. The zero-order valence-corrected chi connectivity index (χ0v) is 23.0. The molecule has 7 aromatic rings. The van der Waals surface area contributed by atoms with Gasteiger partial charge >= 0.3 is 0 Å². The van der Waals surface area contributed by atoms with Crippen LogP contribution < -0.4 is 0 Å². The van der Waals surface area contributed by atoms with Crippen molar-refractivity contribution >= 4 is 38.3 Å². The van der Waals surface area contributed by atoms with Gasteiger partial charge in [-0.25, -0.2) is 15.0 Å². The first kappa shape index (κ1) is 24.4. The number of allylic oxidation sites excluding steroid dienone is 4. The lowest BCUT2D eigenvalue weighted by molar-refractivity contribution is 0.669. The van der Waals surface area contributed by atoms with Crippen molar-refractivity contribution in [2.24, 2.45) is 5.92 Å². The van der Waals surface area contributed by atoms with Gasteiger partial charge in [0, 0.05) is 45.3 Å². The Morgan fingerprint density at radius 1 is 0.690 bits per heavy atom. The second-order valence-corrected chi connectivity index (χ2v) is 10.8. The van der Waals surface area contributed by atoms with Crippen molar-refractivity contribution in [1.29, 1.82) is 0 Å². The maximum Gasteiger partial charge on any atom is 0.164 e. The van der Waals surface area contributed by atoms with E-state index >= 15 is 0 Å². The summed E-state index contributed by atoms with van der Waals surface area (Å²) in [6.07, 6.45) is 11.1. The molecule has 3 aromatic heterocycles. The Labute approximate surface area is 242 Å². The third-order valence-corrected chi connectivity index (χ3v) is 8.04. The van der Waals surface area contributed by atoms with Crippen LogP contribution in [0.1, 0.15) is 19.2 Å². The third kappa shape index (κ3) is 4.18. The molecule has 8 rings (SSSR count). The summed E-state index contributed by atoms with van der Waals surface area (Å²) in [6.45, 7) is 2.22. The van der Waals surface area contributed by atoms with Crippen LogP contribution in [0.3, 0.4) is 0 Å². The van der Waals surface area contributed by atoms with E-state index in [-0.39, 0.29) is 0 Å². The standard InChI is InChI=1S/C37H26N4O/c1-23-10-8-9-15-29(23)36-39-35(25-13-6-3-7-14-25)40-37(41-36)31-19-27(24-11-4-2-5-12-24)20-33-34(31)30-18-26-16-17-38-22-28(26)21-32(30)42-33/h2-9,11-23H,10H2,1H3. The fourth-order valence-corrected chi connectivity index (χ4v) is 5.84. The van der Waals surface area contributed by atoms with Crippen molar-refractivity contribution < 1.29 is 4.42 Å². The molecule has 1 unspecified atom stereocenters. The largest absolute Gasteiger partial charge is 0.456 e. The van der Waals surface area contributed by atoms with Crippen molar-refractivity contribution in [3.05, 3.63) is 127 Å². The molecule has 0 saturated heterocycles. The molecule has 1 aliphatic rings. The Kier molecular flexibility index (Phi) is 5.74. The molecule has 0 spiro atoms. The maximum atomic E-state index is 6.54. The monoisotopic (exact) mass is 542 g/mol. The average Bonchev–Trinajstić information content (AvgIpc) is 3.41. The molecule has 0 radical (unpaired) electrons. The van der Waals surface area contributed by atoms with E-state index in [9.17, 15) is 0 Å². The number of furan rings is 1. The molecule has 200 valence electrons. The summed E-state index contributed by atoms with van der Waals surface area (Å²) in [5, 5.41) is 4.15. The van der Waals surface area contributed by atoms with E-state index in [4.69, 9.17) is 19.4 Å². The first-order valence-corrected chi connectivity index (χ1v) is 14.2. The van der Waals surface area contributed by atoms with E-state index in [1.165, 1.54) is 0 Å². The summed E-state index contributed by atoms with van der Waals surface area (Å²) in [6, 6.07) is 31.1. The Morgan fingerprint density at radius 3 is 2.26 bits per heavy atom. The molecule has 0 bridgehead atoms. The van der Waals surface area contributed by atoms with Crippen LogP contribution in [-0.4, -0.2) is 19.9 Å². The number of fused-ring (bicyclic) bond motifs is 4. The van der Waals surface area contributed by atoms with Crippen molar-refractivity contribution in [3.8, 4) is 33.9 Å². The van der Waals surface area contributed by atoms with E-state index in [0.29, 0.717) is 23.4 Å². The summed E-state index contributed by atoms with van der Waals surface area (Å²) in [4.78, 5) is 19.6. The number of aromatic nitrogens is 4. The first-order chi connectivity index (χ1) is 20.7. The fourth-order valence-electron chi connectivity index (χ4n) is 5.84.